The van der Waals surface area contributed by atoms with Gasteiger partial charge in [-0.25, -0.2) is 4.98 Å². The third-order valence-corrected chi connectivity index (χ3v) is 4.67. The molecule has 0 aliphatic heterocycles. The van der Waals surface area contributed by atoms with Crippen molar-refractivity contribution in [3.63, 3.8) is 0 Å². The smallest absolute Gasteiger partial charge is 0.113 e. The SMILES string of the molecule is CNC1(c2nccs2)CC(C)(C)CC1C. The van der Waals surface area contributed by atoms with Crippen LogP contribution in [0.15, 0.2) is 11.6 Å². The Labute approximate surface area is 96.1 Å². The minimum absolute atomic E-state index is 0.109. The zero-order valence-electron chi connectivity index (χ0n) is 10.0. The van der Waals surface area contributed by atoms with E-state index < -0.39 is 0 Å². The van der Waals surface area contributed by atoms with Gasteiger partial charge in [0.15, 0.2) is 0 Å². The molecule has 1 aliphatic rings. The van der Waals surface area contributed by atoms with E-state index in [9.17, 15) is 0 Å². The molecule has 0 saturated heterocycles. The van der Waals surface area contributed by atoms with Crippen molar-refractivity contribution >= 4 is 11.3 Å². The zero-order chi connectivity index (χ0) is 11.1. The molecule has 1 aromatic rings. The average Bonchev–Trinajstić information content (AvgIpc) is 2.71. The van der Waals surface area contributed by atoms with Gasteiger partial charge in [-0.2, -0.15) is 0 Å². The minimum Gasteiger partial charge on any atom is -0.308 e. The second kappa shape index (κ2) is 3.56. The van der Waals surface area contributed by atoms with E-state index in [1.54, 1.807) is 11.3 Å². The lowest BCUT2D eigenvalue weighted by Crippen LogP contribution is -2.42. The van der Waals surface area contributed by atoms with Gasteiger partial charge in [-0.3, -0.25) is 0 Å². The van der Waals surface area contributed by atoms with Gasteiger partial charge in [0.25, 0.3) is 0 Å². The summed E-state index contributed by atoms with van der Waals surface area (Å²) in [6, 6.07) is 0. The fourth-order valence-corrected chi connectivity index (χ4v) is 4.13. The molecule has 0 spiro atoms. The Morgan fingerprint density at radius 1 is 1.53 bits per heavy atom. The summed E-state index contributed by atoms with van der Waals surface area (Å²) in [5.74, 6) is 0.656. The monoisotopic (exact) mass is 224 g/mol. The van der Waals surface area contributed by atoms with E-state index in [-0.39, 0.29) is 5.54 Å². The van der Waals surface area contributed by atoms with Crippen LogP contribution in [0.3, 0.4) is 0 Å². The van der Waals surface area contributed by atoms with Gasteiger partial charge < -0.3 is 5.32 Å². The molecule has 2 nitrogen and oxygen atoms in total. The van der Waals surface area contributed by atoms with Crippen molar-refractivity contribution in [1.82, 2.24) is 10.3 Å². The summed E-state index contributed by atoms with van der Waals surface area (Å²) < 4.78 is 0. The highest BCUT2D eigenvalue weighted by molar-refractivity contribution is 7.09. The highest BCUT2D eigenvalue weighted by atomic mass is 32.1. The maximum Gasteiger partial charge on any atom is 0.113 e. The van der Waals surface area contributed by atoms with Crippen LogP contribution in [-0.4, -0.2) is 12.0 Å². The van der Waals surface area contributed by atoms with Crippen LogP contribution in [0.4, 0.5) is 0 Å². The Bertz CT molecular complexity index is 331. The van der Waals surface area contributed by atoms with Crippen molar-refractivity contribution < 1.29 is 0 Å². The summed E-state index contributed by atoms with van der Waals surface area (Å²) in [7, 11) is 2.07. The first-order valence-corrected chi connectivity index (χ1v) is 6.47. The molecule has 15 heavy (non-hydrogen) atoms. The van der Waals surface area contributed by atoms with Gasteiger partial charge in [0.1, 0.15) is 5.01 Å². The summed E-state index contributed by atoms with van der Waals surface area (Å²) in [6.07, 6.45) is 4.37. The molecule has 2 unspecified atom stereocenters. The third-order valence-electron chi connectivity index (χ3n) is 3.72. The first-order valence-electron chi connectivity index (χ1n) is 5.59. The van der Waals surface area contributed by atoms with E-state index in [0.717, 1.165) is 0 Å². The summed E-state index contributed by atoms with van der Waals surface area (Å²) in [5.41, 5.74) is 0.533. The number of hydrogen-bond donors (Lipinski definition) is 1. The van der Waals surface area contributed by atoms with Crippen LogP contribution < -0.4 is 5.32 Å². The summed E-state index contributed by atoms with van der Waals surface area (Å²) in [5, 5.41) is 6.86. The molecular formula is C12H20N2S. The van der Waals surface area contributed by atoms with E-state index >= 15 is 0 Å². The molecule has 1 saturated carbocycles. The zero-order valence-corrected chi connectivity index (χ0v) is 10.8. The molecule has 2 rings (SSSR count). The summed E-state index contributed by atoms with van der Waals surface area (Å²) in [6.45, 7) is 7.05. The van der Waals surface area contributed by atoms with E-state index in [2.05, 4.69) is 43.5 Å². The average molecular weight is 224 g/mol. The fraction of sp³-hybridized carbons (Fsp3) is 0.750. The maximum absolute atomic E-state index is 4.51. The number of hydrogen-bond acceptors (Lipinski definition) is 3. The molecule has 0 amide bonds. The standard InChI is InChI=1S/C12H20N2S/c1-9-7-11(2,3)8-12(9,13-4)10-14-5-6-15-10/h5-6,9,13H,7-8H2,1-4H3. The van der Waals surface area contributed by atoms with Gasteiger partial charge in [-0.15, -0.1) is 11.3 Å². The third kappa shape index (κ3) is 1.72. The van der Waals surface area contributed by atoms with Gasteiger partial charge in [-0.05, 0) is 31.2 Å². The topological polar surface area (TPSA) is 24.9 Å². The normalized spacial score (nSPS) is 34.5. The van der Waals surface area contributed by atoms with Crippen LogP contribution in [0.5, 0.6) is 0 Å². The van der Waals surface area contributed by atoms with Crippen LogP contribution in [-0.2, 0) is 5.54 Å². The molecular weight excluding hydrogens is 204 g/mol. The molecule has 0 bridgehead atoms. The van der Waals surface area contributed by atoms with Crippen LogP contribution in [0.25, 0.3) is 0 Å². The summed E-state index contributed by atoms with van der Waals surface area (Å²) >= 11 is 1.77. The molecule has 0 aromatic carbocycles. The van der Waals surface area contributed by atoms with Crippen molar-refractivity contribution in [2.45, 2.75) is 39.2 Å². The first kappa shape index (κ1) is 11.1. The van der Waals surface area contributed by atoms with Crippen LogP contribution in [0.2, 0.25) is 0 Å². The van der Waals surface area contributed by atoms with Gasteiger partial charge >= 0.3 is 0 Å². The molecule has 0 radical (unpaired) electrons. The summed E-state index contributed by atoms with van der Waals surface area (Å²) in [4.78, 5) is 4.51. The molecule has 1 heterocycles. The molecule has 1 aliphatic carbocycles. The second-order valence-corrected chi connectivity index (χ2v) is 6.40. The first-order chi connectivity index (χ1) is 7.00. The maximum atomic E-state index is 4.51. The van der Waals surface area contributed by atoms with E-state index in [1.165, 1.54) is 17.8 Å². The highest BCUT2D eigenvalue weighted by Crippen LogP contribution is 2.52. The Balaban J connectivity index is 2.39. The van der Waals surface area contributed by atoms with Crippen molar-refractivity contribution in [2.24, 2.45) is 11.3 Å². The van der Waals surface area contributed by atoms with Crippen molar-refractivity contribution in [3.8, 4) is 0 Å². The second-order valence-electron chi connectivity index (χ2n) is 5.50. The Hall–Kier alpha value is -0.410. The van der Waals surface area contributed by atoms with Crippen molar-refractivity contribution in [2.75, 3.05) is 7.05 Å². The Morgan fingerprint density at radius 3 is 2.67 bits per heavy atom. The van der Waals surface area contributed by atoms with Crippen molar-refractivity contribution in [3.05, 3.63) is 16.6 Å². The fourth-order valence-electron chi connectivity index (χ4n) is 3.18. The number of aromatic nitrogens is 1. The van der Waals surface area contributed by atoms with Gasteiger partial charge in [0.05, 0.1) is 5.54 Å². The Morgan fingerprint density at radius 2 is 2.27 bits per heavy atom. The number of nitrogens with zero attached hydrogens (tertiary/aromatic N) is 1. The van der Waals surface area contributed by atoms with Gasteiger partial charge in [-0.1, -0.05) is 20.8 Å². The lowest BCUT2D eigenvalue weighted by molar-refractivity contribution is 0.270. The lowest BCUT2D eigenvalue weighted by Gasteiger charge is -2.32. The molecule has 3 heteroatoms. The van der Waals surface area contributed by atoms with Crippen LogP contribution in [0, 0.1) is 11.3 Å². The minimum atomic E-state index is 0.109. The molecule has 1 fully saturated rings. The number of nitrogens with one attached hydrogen (secondary N) is 1. The van der Waals surface area contributed by atoms with Crippen LogP contribution >= 0.6 is 11.3 Å². The predicted molar refractivity (Wildman–Crippen MR) is 65.0 cm³/mol. The molecule has 2 atom stereocenters. The van der Waals surface area contributed by atoms with Gasteiger partial charge in [0.2, 0.25) is 0 Å². The van der Waals surface area contributed by atoms with Crippen LogP contribution in [0.1, 0.15) is 38.6 Å². The number of rotatable bonds is 2. The van der Waals surface area contributed by atoms with E-state index in [1.807, 2.05) is 6.20 Å². The lowest BCUT2D eigenvalue weighted by atomic mass is 9.87. The van der Waals surface area contributed by atoms with Gasteiger partial charge in [0, 0.05) is 11.6 Å². The predicted octanol–water partition coefficient (Wildman–Crippen LogP) is 3.01. The molecule has 84 valence electrons. The quantitative estimate of drug-likeness (QED) is 0.835. The van der Waals surface area contributed by atoms with E-state index in [0.29, 0.717) is 11.3 Å². The number of thiazole rings is 1. The van der Waals surface area contributed by atoms with E-state index in [4.69, 9.17) is 0 Å². The highest BCUT2D eigenvalue weighted by Gasteiger charge is 2.50. The molecule has 1 aromatic heterocycles. The molecule has 1 N–H and O–H groups in total. The Kier molecular flexibility index (Phi) is 2.63. The largest absolute Gasteiger partial charge is 0.308 e. The van der Waals surface area contributed by atoms with Crippen molar-refractivity contribution in [1.29, 1.82) is 0 Å².